The van der Waals surface area contributed by atoms with Crippen LogP contribution in [0.5, 0.6) is 0 Å². The highest BCUT2D eigenvalue weighted by Gasteiger charge is 2.34. The summed E-state index contributed by atoms with van der Waals surface area (Å²) >= 11 is 6.02. The molecule has 1 fully saturated rings. The monoisotopic (exact) mass is 344 g/mol. The summed E-state index contributed by atoms with van der Waals surface area (Å²) in [5, 5.41) is 10.2. The van der Waals surface area contributed by atoms with Crippen LogP contribution in [0, 0.1) is 13.8 Å². The summed E-state index contributed by atoms with van der Waals surface area (Å²) in [6, 6.07) is 0. The first-order valence-electron chi connectivity index (χ1n) is 7.15. The summed E-state index contributed by atoms with van der Waals surface area (Å²) < 4.78 is 32.2. The van der Waals surface area contributed by atoms with E-state index in [9.17, 15) is 13.6 Å². The SMILES string of the molecule is Cc1noc(C)c1NC(=O)Cn1nc(C(F)F)c(Cl)c1C1CC1. The summed E-state index contributed by atoms with van der Waals surface area (Å²) in [4.78, 5) is 12.2. The lowest BCUT2D eigenvalue weighted by molar-refractivity contribution is -0.117. The van der Waals surface area contributed by atoms with Gasteiger partial charge in [0.15, 0.2) is 5.76 Å². The Morgan fingerprint density at radius 3 is 2.70 bits per heavy atom. The van der Waals surface area contributed by atoms with Gasteiger partial charge in [-0.25, -0.2) is 8.78 Å². The van der Waals surface area contributed by atoms with Gasteiger partial charge in [-0.05, 0) is 26.7 Å². The van der Waals surface area contributed by atoms with Gasteiger partial charge >= 0.3 is 0 Å². The first kappa shape index (κ1) is 15.9. The van der Waals surface area contributed by atoms with Crippen molar-refractivity contribution >= 4 is 23.2 Å². The Morgan fingerprint density at radius 2 is 2.17 bits per heavy atom. The van der Waals surface area contributed by atoms with Crippen molar-refractivity contribution in [3.63, 3.8) is 0 Å². The van der Waals surface area contributed by atoms with Crippen molar-refractivity contribution in [2.45, 2.75) is 45.6 Å². The van der Waals surface area contributed by atoms with Crippen molar-refractivity contribution in [1.29, 1.82) is 0 Å². The molecule has 0 unspecified atom stereocenters. The molecular weight excluding hydrogens is 330 g/mol. The Morgan fingerprint density at radius 1 is 1.48 bits per heavy atom. The average molecular weight is 345 g/mol. The molecule has 2 heterocycles. The van der Waals surface area contributed by atoms with Crippen LogP contribution < -0.4 is 5.32 Å². The number of nitrogens with zero attached hydrogens (tertiary/aromatic N) is 3. The number of carbonyl (C=O) groups is 1. The Bertz CT molecular complexity index is 733. The van der Waals surface area contributed by atoms with Gasteiger partial charge in [-0.2, -0.15) is 5.10 Å². The molecule has 6 nitrogen and oxygen atoms in total. The first-order valence-corrected chi connectivity index (χ1v) is 7.53. The number of aryl methyl sites for hydroxylation is 2. The van der Waals surface area contributed by atoms with E-state index in [0.717, 1.165) is 12.8 Å². The van der Waals surface area contributed by atoms with E-state index >= 15 is 0 Å². The number of halogens is 3. The Labute approximate surface area is 135 Å². The molecule has 1 aliphatic carbocycles. The van der Waals surface area contributed by atoms with Crippen molar-refractivity contribution in [2.24, 2.45) is 0 Å². The van der Waals surface area contributed by atoms with E-state index in [0.29, 0.717) is 22.8 Å². The van der Waals surface area contributed by atoms with Crippen LogP contribution in [0.25, 0.3) is 0 Å². The summed E-state index contributed by atoms with van der Waals surface area (Å²) in [7, 11) is 0. The van der Waals surface area contributed by atoms with Crippen molar-refractivity contribution in [3.8, 4) is 0 Å². The molecule has 0 saturated heterocycles. The highest BCUT2D eigenvalue weighted by Crippen LogP contribution is 2.45. The van der Waals surface area contributed by atoms with Crippen LogP contribution in [0.1, 0.15) is 48.0 Å². The van der Waals surface area contributed by atoms with Gasteiger partial charge in [0.05, 0.1) is 10.7 Å². The number of alkyl halides is 2. The van der Waals surface area contributed by atoms with Crippen LogP contribution in [-0.4, -0.2) is 20.8 Å². The molecule has 0 radical (unpaired) electrons. The van der Waals surface area contributed by atoms with E-state index in [-0.39, 0.29) is 17.5 Å². The predicted molar refractivity (Wildman–Crippen MR) is 78.8 cm³/mol. The molecule has 124 valence electrons. The molecule has 3 rings (SSSR count). The van der Waals surface area contributed by atoms with Crippen LogP contribution in [0.3, 0.4) is 0 Å². The van der Waals surface area contributed by atoms with E-state index in [1.54, 1.807) is 13.8 Å². The number of nitrogens with one attached hydrogen (secondary N) is 1. The molecule has 1 N–H and O–H groups in total. The van der Waals surface area contributed by atoms with Crippen LogP contribution in [0.2, 0.25) is 5.02 Å². The maximum atomic E-state index is 13.0. The van der Waals surface area contributed by atoms with Crippen LogP contribution in [0.4, 0.5) is 14.5 Å². The lowest BCUT2D eigenvalue weighted by Crippen LogP contribution is -2.21. The number of hydrogen-bond acceptors (Lipinski definition) is 4. The molecular formula is C14H15ClF2N4O2. The molecule has 2 aromatic rings. The van der Waals surface area contributed by atoms with Gasteiger partial charge in [0, 0.05) is 5.92 Å². The minimum Gasteiger partial charge on any atom is -0.359 e. The molecule has 0 atom stereocenters. The number of hydrogen-bond donors (Lipinski definition) is 1. The Balaban J connectivity index is 1.82. The Kier molecular flexibility index (Phi) is 4.09. The summed E-state index contributed by atoms with van der Waals surface area (Å²) in [5.74, 6) is 0.167. The van der Waals surface area contributed by atoms with E-state index in [1.165, 1.54) is 4.68 Å². The van der Waals surface area contributed by atoms with Crippen molar-refractivity contribution in [1.82, 2.24) is 14.9 Å². The predicted octanol–water partition coefficient (Wildman–Crippen LogP) is 3.60. The van der Waals surface area contributed by atoms with E-state index in [4.69, 9.17) is 16.1 Å². The molecule has 2 aromatic heterocycles. The molecule has 23 heavy (non-hydrogen) atoms. The van der Waals surface area contributed by atoms with Crippen molar-refractivity contribution < 1.29 is 18.1 Å². The zero-order valence-corrected chi connectivity index (χ0v) is 13.3. The number of rotatable bonds is 5. The lowest BCUT2D eigenvalue weighted by Gasteiger charge is -2.08. The minimum atomic E-state index is -2.77. The topological polar surface area (TPSA) is 73.0 Å². The molecule has 0 bridgehead atoms. The van der Waals surface area contributed by atoms with E-state index in [2.05, 4.69) is 15.6 Å². The fraction of sp³-hybridized carbons (Fsp3) is 0.500. The zero-order chi connectivity index (χ0) is 16.7. The highest BCUT2D eigenvalue weighted by atomic mass is 35.5. The van der Waals surface area contributed by atoms with Crippen molar-refractivity contribution in [2.75, 3.05) is 5.32 Å². The average Bonchev–Trinajstić information content (AvgIpc) is 3.20. The third-order valence-corrected chi connectivity index (χ3v) is 4.11. The van der Waals surface area contributed by atoms with Gasteiger partial charge in [0.25, 0.3) is 6.43 Å². The summed E-state index contributed by atoms with van der Waals surface area (Å²) in [5.41, 5.74) is 1.06. The maximum absolute atomic E-state index is 13.0. The van der Waals surface area contributed by atoms with Gasteiger partial charge < -0.3 is 9.84 Å². The molecule has 0 aliphatic heterocycles. The highest BCUT2D eigenvalue weighted by molar-refractivity contribution is 6.32. The van der Waals surface area contributed by atoms with Gasteiger partial charge in [-0.3, -0.25) is 9.48 Å². The molecule has 0 spiro atoms. The number of aromatic nitrogens is 3. The second kappa shape index (κ2) is 5.92. The molecule has 1 saturated carbocycles. The smallest absolute Gasteiger partial charge is 0.283 e. The number of anilines is 1. The fourth-order valence-corrected chi connectivity index (χ4v) is 2.83. The van der Waals surface area contributed by atoms with Gasteiger partial charge in [0.2, 0.25) is 5.91 Å². The summed E-state index contributed by atoms with van der Waals surface area (Å²) in [6.45, 7) is 3.18. The van der Waals surface area contributed by atoms with Gasteiger partial charge in [0.1, 0.15) is 23.6 Å². The maximum Gasteiger partial charge on any atom is 0.283 e. The fourth-order valence-electron chi connectivity index (χ4n) is 2.46. The standard InChI is InChI=1S/C14H15ClF2N4O2/c1-6-11(7(2)23-20-6)18-9(22)5-21-13(8-3-4-8)10(15)12(19-21)14(16)17/h8,14H,3-5H2,1-2H3,(H,18,22). The molecule has 1 aliphatic rings. The summed E-state index contributed by atoms with van der Waals surface area (Å²) in [6.07, 6.45) is -1.05. The second-order valence-electron chi connectivity index (χ2n) is 5.56. The van der Waals surface area contributed by atoms with Gasteiger partial charge in [-0.15, -0.1) is 0 Å². The van der Waals surface area contributed by atoms with E-state index < -0.39 is 18.0 Å². The first-order chi connectivity index (χ1) is 10.9. The third-order valence-electron chi connectivity index (χ3n) is 3.72. The normalized spacial score (nSPS) is 14.5. The van der Waals surface area contributed by atoms with E-state index in [1.807, 2.05) is 0 Å². The van der Waals surface area contributed by atoms with Gasteiger partial charge in [-0.1, -0.05) is 16.8 Å². The number of amides is 1. The lowest BCUT2D eigenvalue weighted by atomic mass is 10.2. The quantitative estimate of drug-likeness (QED) is 0.899. The van der Waals surface area contributed by atoms with Crippen LogP contribution in [0.15, 0.2) is 4.52 Å². The largest absolute Gasteiger partial charge is 0.359 e. The Hall–Kier alpha value is -1.96. The third kappa shape index (κ3) is 3.08. The molecule has 0 aromatic carbocycles. The second-order valence-corrected chi connectivity index (χ2v) is 5.94. The minimum absolute atomic E-state index is 0.0346. The number of carbonyl (C=O) groups excluding carboxylic acids is 1. The van der Waals surface area contributed by atoms with Crippen LogP contribution >= 0.6 is 11.6 Å². The molecule has 1 amide bonds. The zero-order valence-electron chi connectivity index (χ0n) is 12.6. The van der Waals surface area contributed by atoms with Crippen LogP contribution in [-0.2, 0) is 11.3 Å². The molecule has 9 heteroatoms. The van der Waals surface area contributed by atoms with Crippen molar-refractivity contribution in [3.05, 3.63) is 27.9 Å².